The molecule has 0 aliphatic heterocycles. The molecule has 1 N–H and O–H groups in total. The summed E-state index contributed by atoms with van der Waals surface area (Å²) in [4.78, 5) is 6.58. The number of hydrogen-bond acceptors (Lipinski definition) is 3. The molecule has 0 aliphatic rings. The van der Waals surface area contributed by atoms with E-state index >= 15 is 0 Å². The van der Waals surface area contributed by atoms with E-state index in [-0.39, 0.29) is 0 Å². The van der Waals surface area contributed by atoms with Crippen LogP contribution in [0.4, 0.5) is 0 Å². The zero-order valence-corrected chi connectivity index (χ0v) is 11.4. The van der Waals surface area contributed by atoms with Crippen molar-refractivity contribution in [2.75, 3.05) is 40.3 Å². The molecule has 0 spiro atoms. The van der Waals surface area contributed by atoms with Gasteiger partial charge in [-0.3, -0.25) is 0 Å². The van der Waals surface area contributed by atoms with E-state index in [1.807, 2.05) is 6.92 Å². The van der Waals surface area contributed by atoms with Crippen LogP contribution in [0.25, 0.3) is 0 Å². The molecule has 0 radical (unpaired) electrons. The Labute approximate surface area is 100 Å². The molecule has 0 aromatic carbocycles. The third-order valence-corrected chi connectivity index (χ3v) is 1.90. The van der Waals surface area contributed by atoms with Crippen LogP contribution in [0.2, 0.25) is 0 Å². The van der Waals surface area contributed by atoms with Crippen LogP contribution in [0.3, 0.4) is 0 Å². The molecule has 0 amide bonds. The normalized spacial score (nSPS) is 12.3. The quantitative estimate of drug-likeness (QED) is 0.409. The molecule has 0 rings (SSSR count). The second kappa shape index (κ2) is 9.46. The Bertz CT molecular complexity index is 191. The van der Waals surface area contributed by atoms with Gasteiger partial charge in [0.1, 0.15) is 0 Å². The predicted octanol–water partition coefficient (Wildman–Crippen LogP) is 1.58. The van der Waals surface area contributed by atoms with Crippen LogP contribution in [-0.4, -0.2) is 51.3 Å². The van der Waals surface area contributed by atoms with Crippen molar-refractivity contribution in [2.45, 2.75) is 27.2 Å². The average molecular weight is 229 g/mol. The lowest BCUT2D eigenvalue weighted by atomic mass is 10.2. The minimum absolute atomic E-state index is 0.533. The number of amidine groups is 1. The lowest BCUT2D eigenvalue weighted by Gasteiger charge is -2.12. The molecule has 0 atom stereocenters. The Morgan fingerprint density at radius 3 is 2.56 bits per heavy atom. The maximum absolute atomic E-state index is 5.58. The van der Waals surface area contributed by atoms with E-state index in [0.717, 1.165) is 32.7 Å². The first-order valence-electron chi connectivity index (χ1n) is 6.12. The summed E-state index contributed by atoms with van der Waals surface area (Å²) in [7, 11) is 4.15. The fourth-order valence-electron chi connectivity index (χ4n) is 1.12. The Kier molecular flexibility index (Phi) is 9.00. The van der Waals surface area contributed by atoms with Crippen LogP contribution >= 0.6 is 0 Å². The van der Waals surface area contributed by atoms with Gasteiger partial charge in [0.25, 0.3) is 6.02 Å². The van der Waals surface area contributed by atoms with Crippen molar-refractivity contribution in [1.29, 1.82) is 0 Å². The maximum atomic E-state index is 5.58. The molecular weight excluding hydrogens is 202 g/mol. The predicted molar refractivity (Wildman–Crippen MR) is 69.9 cm³/mol. The molecule has 0 aromatic rings. The molecule has 0 bridgehead atoms. The number of ether oxygens (including phenoxy) is 1. The van der Waals surface area contributed by atoms with Crippen LogP contribution in [0.1, 0.15) is 27.2 Å². The van der Waals surface area contributed by atoms with Crippen molar-refractivity contribution in [3.63, 3.8) is 0 Å². The van der Waals surface area contributed by atoms with Crippen LogP contribution in [0.15, 0.2) is 4.99 Å². The standard InChI is InChI=1S/C12H27N3O/c1-6-13-12(16-10-11(2)3)14-8-7-9-15(4)5/h11H,6-10H2,1-5H3,(H,13,14). The number of aliphatic imine (C=N–C) groups is 1. The van der Waals surface area contributed by atoms with Crippen molar-refractivity contribution in [3.8, 4) is 0 Å². The van der Waals surface area contributed by atoms with Gasteiger partial charge in [0.15, 0.2) is 0 Å². The molecule has 0 saturated carbocycles. The van der Waals surface area contributed by atoms with E-state index in [2.05, 4.69) is 43.2 Å². The summed E-state index contributed by atoms with van der Waals surface area (Å²) in [6.07, 6.45) is 1.06. The maximum Gasteiger partial charge on any atom is 0.284 e. The first-order valence-corrected chi connectivity index (χ1v) is 6.12. The summed E-state index contributed by atoms with van der Waals surface area (Å²) >= 11 is 0. The summed E-state index contributed by atoms with van der Waals surface area (Å²) in [6.45, 7) is 9.77. The van der Waals surface area contributed by atoms with Gasteiger partial charge in [0, 0.05) is 13.1 Å². The zero-order valence-electron chi connectivity index (χ0n) is 11.4. The van der Waals surface area contributed by atoms with Gasteiger partial charge in [0.2, 0.25) is 0 Å². The van der Waals surface area contributed by atoms with Crippen molar-refractivity contribution in [1.82, 2.24) is 10.2 Å². The fraction of sp³-hybridized carbons (Fsp3) is 0.917. The highest BCUT2D eigenvalue weighted by Crippen LogP contribution is 1.94. The molecule has 0 fully saturated rings. The van der Waals surface area contributed by atoms with Crippen molar-refractivity contribution in [3.05, 3.63) is 0 Å². The summed E-state index contributed by atoms with van der Waals surface area (Å²) < 4.78 is 5.58. The molecule has 0 aliphatic carbocycles. The van der Waals surface area contributed by atoms with Crippen molar-refractivity contribution < 1.29 is 4.74 Å². The van der Waals surface area contributed by atoms with Crippen LogP contribution in [0, 0.1) is 5.92 Å². The van der Waals surface area contributed by atoms with Gasteiger partial charge < -0.3 is 15.0 Å². The van der Waals surface area contributed by atoms with E-state index in [1.54, 1.807) is 0 Å². The lowest BCUT2D eigenvalue weighted by molar-refractivity contribution is 0.245. The van der Waals surface area contributed by atoms with Crippen molar-refractivity contribution in [2.24, 2.45) is 10.9 Å². The molecule has 0 unspecified atom stereocenters. The Morgan fingerprint density at radius 1 is 1.38 bits per heavy atom. The van der Waals surface area contributed by atoms with E-state index in [9.17, 15) is 0 Å². The largest absolute Gasteiger partial charge is 0.465 e. The number of nitrogens with zero attached hydrogens (tertiary/aromatic N) is 2. The van der Waals surface area contributed by atoms with Crippen LogP contribution in [-0.2, 0) is 4.74 Å². The summed E-state index contributed by atoms with van der Waals surface area (Å²) in [6, 6.07) is 0.690. The number of nitrogens with one attached hydrogen (secondary N) is 1. The molecule has 4 nitrogen and oxygen atoms in total. The monoisotopic (exact) mass is 229 g/mol. The molecular formula is C12H27N3O. The van der Waals surface area contributed by atoms with Gasteiger partial charge in [-0.1, -0.05) is 13.8 Å². The molecule has 0 heterocycles. The van der Waals surface area contributed by atoms with Gasteiger partial charge in [-0.15, -0.1) is 0 Å². The highest BCUT2D eigenvalue weighted by Gasteiger charge is 2.00. The minimum Gasteiger partial charge on any atom is -0.465 e. The zero-order chi connectivity index (χ0) is 12.4. The van der Waals surface area contributed by atoms with Crippen LogP contribution in [0.5, 0.6) is 0 Å². The Hall–Kier alpha value is -0.770. The van der Waals surface area contributed by atoms with E-state index in [0.29, 0.717) is 11.9 Å². The third kappa shape index (κ3) is 9.77. The number of hydrogen-bond donors (Lipinski definition) is 1. The second-order valence-electron chi connectivity index (χ2n) is 4.58. The van der Waals surface area contributed by atoms with E-state index in [4.69, 9.17) is 4.74 Å². The van der Waals surface area contributed by atoms with Crippen LogP contribution < -0.4 is 5.32 Å². The summed E-state index contributed by atoms with van der Waals surface area (Å²) in [5.41, 5.74) is 0. The molecule has 0 saturated heterocycles. The highest BCUT2D eigenvalue weighted by molar-refractivity contribution is 5.73. The topological polar surface area (TPSA) is 36.9 Å². The van der Waals surface area contributed by atoms with E-state index < -0.39 is 0 Å². The summed E-state index contributed by atoms with van der Waals surface area (Å²) in [5.74, 6) is 0.533. The summed E-state index contributed by atoms with van der Waals surface area (Å²) in [5, 5.41) is 3.14. The average Bonchev–Trinajstić information content (AvgIpc) is 2.20. The highest BCUT2D eigenvalue weighted by atomic mass is 16.5. The SMILES string of the molecule is CCNC(=NCCCN(C)C)OCC(C)C. The fourth-order valence-corrected chi connectivity index (χ4v) is 1.12. The van der Waals surface area contributed by atoms with Crippen molar-refractivity contribution >= 4 is 6.02 Å². The molecule has 16 heavy (non-hydrogen) atoms. The minimum atomic E-state index is 0.533. The number of rotatable bonds is 7. The third-order valence-electron chi connectivity index (χ3n) is 1.90. The van der Waals surface area contributed by atoms with Gasteiger partial charge in [0.05, 0.1) is 6.61 Å². The van der Waals surface area contributed by atoms with Gasteiger partial charge >= 0.3 is 0 Å². The molecule has 4 heteroatoms. The van der Waals surface area contributed by atoms with E-state index in [1.165, 1.54) is 0 Å². The Balaban J connectivity index is 3.84. The smallest absolute Gasteiger partial charge is 0.284 e. The first kappa shape index (κ1) is 15.2. The second-order valence-corrected chi connectivity index (χ2v) is 4.58. The van der Waals surface area contributed by atoms with Gasteiger partial charge in [-0.25, -0.2) is 4.99 Å². The lowest BCUT2D eigenvalue weighted by Crippen LogP contribution is -2.28. The van der Waals surface area contributed by atoms with Gasteiger partial charge in [-0.05, 0) is 39.9 Å². The van der Waals surface area contributed by atoms with Gasteiger partial charge in [-0.2, -0.15) is 0 Å². The first-order chi connectivity index (χ1) is 7.56. The molecule has 96 valence electrons. The molecule has 0 aromatic heterocycles. The Morgan fingerprint density at radius 2 is 2.06 bits per heavy atom.